The van der Waals surface area contributed by atoms with Gasteiger partial charge in [-0.25, -0.2) is 0 Å². The Hall–Kier alpha value is -1.91. The van der Waals surface area contributed by atoms with E-state index in [1.165, 1.54) is 5.56 Å². The molecular formula is C17H16BrN3. The van der Waals surface area contributed by atoms with Gasteiger partial charge in [0, 0.05) is 28.2 Å². The molecule has 0 fully saturated rings. The first-order chi connectivity index (χ1) is 10.3. The largest absolute Gasteiger partial charge is 0.329 e. The minimum atomic E-state index is 0.102. The number of aromatic nitrogens is 2. The Morgan fingerprint density at radius 3 is 2.48 bits per heavy atom. The lowest BCUT2D eigenvalue weighted by atomic mass is 9.95. The van der Waals surface area contributed by atoms with E-state index in [1.807, 2.05) is 36.4 Å². The van der Waals surface area contributed by atoms with Gasteiger partial charge in [0.15, 0.2) is 0 Å². The highest BCUT2D eigenvalue weighted by atomic mass is 79.9. The number of H-pyrrole nitrogens is 1. The summed E-state index contributed by atoms with van der Waals surface area (Å²) >= 11 is 3.60. The summed E-state index contributed by atoms with van der Waals surface area (Å²) in [6.45, 7) is 0.527. The van der Waals surface area contributed by atoms with E-state index in [0.29, 0.717) is 6.54 Å². The molecular weight excluding hydrogens is 326 g/mol. The van der Waals surface area contributed by atoms with Crippen molar-refractivity contribution in [3.63, 3.8) is 0 Å². The van der Waals surface area contributed by atoms with Crippen LogP contribution in [0, 0.1) is 0 Å². The standard InChI is InChI=1S/C17H16BrN3/c18-15-9-5-4-8-13(15)14(11-19)17-10-16(20-21-17)12-6-2-1-3-7-12/h1-10,14H,11,19H2,(H,20,21). The van der Waals surface area contributed by atoms with Crippen LogP contribution in [0.15, 0.2) is 65.1 Å². The van der Waals surface area contributed by atoms with E-state index in [0.717, 1.165) is 21.4 Å². The Labute approximate surface area is 132 Å². The van der Waals surface area contributed by atoms with E-state index < -0.39 is 0 Å². The van der Waals surface area contributed by atoms with Crippen LogP contribution in [0.25, 0.3) is 11.3 Å². The molecule has 0 spiro atoms. The summed E-state index contributed by atoms with van der Waals surface area (Å²) in [6, 6.07) is 20.4. The number of halogens is 1. The Balaban J connectivity index is 1.96. The van der Waals surface area contributed by atoms with Crippen molar-refractivity contribution in [1.82, 2.24) is 10.2 Å². The van der Waals surface area contributed by atoms with Crippen molar-refractivity contribution in [2.75, 3.05) is 6.54 Å². The average Bonchev–Trinajstić information content (AvgIpc) is 3.00. The molecule has 1 heterocycles. The first-order valence-corrected chi connectivity index (χ1v) is 7.64. The number of rotatable bonds is 4. The van der Waals surface area contributed by atoms with Crippen LogP contribution >= 0.6 is 15.9 Å². The van der Waals surface area contributed by atoms with Gasteiger partial charge in [0.25, 0.3) is 0 Å². The molecule has 0 amide bonds. The van der Waals surface area contributed by atoms with Gasteiger partial charge in [-0.05, 0) is 17.7 Å². The smallest absolute Gasteiger partial charge is 0.0923 e. The van der Waals surface area contributed by atoms with Crippen molar-refractivity contribution < 1.29 is 0 Å². The van der Waals surface area contributed by atoms with Gasteiger partial charge in [0.1, 0.15) is 0 Å². The zero-order valence-electron chi connectivity index (χ0n) is 11.5. The van der Waals surface area contributed by atoms with Crippen LogP contribution in [-0.4, -0.2) is 16.7 Å². The summed E-state index contributed by atoms with van der Waals surface area (Å²) in [5.41, 5.74) is 10.2. The normalized spacial score (nSPS) is 12.3. The minimum Gasteiger partial charge on any atom is -0.329 e. The second-order valence-electron chi connectivity index (χ2n) is 4.88. The molecule has 3 aromatic rings. The maximum absolute atomic E-state index is 5.99. The van der Waals surface area contributed by atoms with Crippen LogP contribution in [-0.2, 0) is 0 Å². The lowest BCUT2D eigenvalue weighted by Crippen LogP contribution is -2.14. The fraction of sp³-hybridized carbons (Fsp3) is 0.118. The highest BCUT2D eigenvalue weighted by molar-refractivity contribution is 9.10. The summed E-state index contributed by atoms with van der Waals surface area (Å²) < 4.78 is 1.07. The van der Waals surface area contributed by atoms with Gasteiger partial charge in [-0.15, -0.1) is 0 Å². The van der Waals surface area contributed by atoms with Crippen LogP contribution < -0.4 is 5.73 Å². The fourth-order valence-electron chi connectivity index (χ4n) is 2.45. The zero-order chi connectivity index (χ0) is 14.7. The molecule has 3 N–H and O–H groups in total. The lowest BCUT2D eigenvalue weighted by Gasteiger charge is -2.14. The van der Waals surface area contributed by atoms with Crippen molar-refractivity contribution in [3.8, 4) is 11.3 Å². The van der Waals surface area contributed by atoms with Gasteiger partial charge in [-0.2, -0.15) is 5.10 Å². The lowest BCUT2D eigenvalue weighted by molar-refractivity contribution is 0.776. The van der Waals surface area contributed by atoms with Crippen LogP contribution in [0.5, 0.6) is 0 Å². The number of hydrogen-bond acceptors (Lipinski definition) is 2. The van der Waals surface area contributed by atoms with Crippen LogP contribution in [0.1, 0.15) is 17.2 Å². The van der Waals surface area contributed by atoms with E-state index in [9.17, 15) is 0 Å². The maximum atomic E-state index is 5.99. The van der Waals surface area contributed by atoms with Crippen molar-refractivity contribution in [2.45, 2.75) is 5.92 Å². The molecule has 2 aromatic carbocycles. The average molecular weight is 342 g/mol. The van der Waals surface area contributed by atoms with E-state index in [4.69, 9.17) is 5.73 Å². The van der Waals surface area contributed by atoms with Crippen LogP contribution in [0.4, 0.5) is 0 Å². The number of nitrogens with zero attached hydrogens (tertiary/aromatic N) is 1. The van der Waals surface area contributed by atoms with Gasteiger partial charge < -0.3 is 5.73 Å². The Morgan fingerprint density at radius 1 is 1.05 bits per heavy atom. The summed E-state index contributed by atoms with van der Waals surface area (Å²) in [5, 5.41) is 7.54. The van der Waals surface area contributed by atoms with Crippen LogP contribution in [0.3, 0.4) is 0 Å². The summed E-state index contributed by atoms with van der Waals surface area (Å²) in [5.74, 6) is 0.102. The van der Waals surface area contributed by atoms with E-state index in [-0.39, 0.29) is 5.92 Å². The van der Waals surface area contributed by atoms with E-state index >= 15 is 0 Å². The summed E-state index contributed by atoms with van der Waals surface area (Å²) in [6.07, 6.45) is 0. The van der Waals surface area contributed by atoms with Crippen molar-refractivity contribution in [2.24, 2.45) is 5.73 Å². The molecule has 3 nitrogen and oxygen atoms in total. The predicted octanol–water partition coefficient (Wildman–Crippen LogP) is 3.93. The van der Waals surface area contributed by atoms with Crippen LogP contribution in [0.2, 0.25) is 0 Å². The van der Waals surface area contributed by atoms with Gasteiger partial charge in [-0.1, -0.05) is 64.5 Å². The minimum absolute atomic E-state index is 0.102. The highest BCUT2D eigenvalue weighted by Crippen LogP contribution is 2.30. The molecule has 1 atom stereocenters. The molecule has 0 aliphatic carbocycles. The summed E-state index contributed by atoms with van der Waals surface area (Å²) in [7, 11) is 0. The fourth-order valence-corrected chi connectivity index (χ4v) is 3.01. The third kappa shape index (κ3) is 2.91. The van der Waals surface area contributed by atoms with Crippen molar-refractivity contribution in [3.05, 3.63) is 76.4 Å². The third-order valence-corrected chi connectivity index (χ3v) is 4.28. The molecule has 0 bridgehead atoms. The number of aromatic amines is 1. The Morgan fingerprint density at radius 2 is 1.76 bits per heavy atom. The molecule has 0 saturated heterocycles. The number of nitrogens with two attached hydrogens (primary N) is 1. The Bertz CT molecular complexity index is 722. The zero-order valence-corrected chi connectivity index (χ0v) is 13.0. The second-order valence-corrected chi connectivity index (χ2v) is 5.74. The van der Waals surface area contributed by atoms with Crippen molar-refractivity contribution in [1.29, 1.82) is 0 Å². The first-order valence-electron chi connectivity index (χ1n) is 6.85. The molecule has 1 unspecified atom stereocenters. The molecule has 0 saturated carbocycles. The van der Waals surface area contributed by atoms with E-state index in [2.05, 4.69) is 50.4 Å². The van der Waals surface area contributed by atoms with Gasteiger partial charge in [0.2, 0.25) is 0 Å². The van der Waals surface area contributed by atoms with E-state index in [1.54, 1.807) is 0 Å². The van der Waals surface area contributed by atoms with Gasteiger partial charge in [-0.3, -0.25) is 5.10 Å². The monoisotopic (exact) mass is 341 g/mol. The van der Waals surface area contributed by atoms with Crippen molar-refractivity contribution >= 4 is 15.9 Å². The second kappa shape index (κ2) is 6.24. The maximum Gasteiger partial charge on any atom is 0.0923 e. The molecule has 1 aromatic heterocycles. The highest BCUT2D eigenvalue weighted by Gasteiger charge is 2.17. The molecule has 0 aliphatic heterocycles. The molecule has 0 radical (unpaired) electrons. The number of hydrogen-bond donors (Lipinski definition) is 2. The molecule has 106 valence electrons. The Kier molecular flexibility index (Phi) is 4.18. The number of benzene rings is 2. The topological polar surface area (TPSA) is 54.7 Å². The third-order valence-electron chi connectivity index (χ3n) is 3.56. The quantitative estimate of drug-likeness (QED) is 0.755. The van der Waals surface area contributed by atoms with Gasteiger partial charge >= 0.3 is 0 Å². The summed E-state index contributed by atoms with van der Waals surface area (Å²) in [4.78, 5) is 0. The molecule has 3 rings (SSSR count). The molecule has 21 heavy (non-hydrogen) atoms. The first kappa shape index (κ1) is 14.0. The van der Waals surface area contributed by atoms with Gasteiger partial charge in [0.05, 0.1) is 5.69 Å². The molecule has 4 heteroatoms. The SMILES string of the molecule is NCC(c1cc(-c2ccccc2)n[nH]1)c1ccccc1Br. The number of nitrogens with one attached hydrogen (secondary N) is 1. The molecule has 0 aliphatic rings. The predicted molar refractivity (Wildman–Crippen MR) is 89.1 cm³/mol.